The summed E-state index contributed by atoms with van der Waals surface area (Å²) < 4.78 is 12.2. The fourth-order valence-corrected chi connectivity index (χ4v) is 0.917. The van der Waals surface area contributed by atoms with Crippen LogP contribution in [0.3, 0.4) is 0 Å². The largest absolute Gasteiger partial charge is 0.390 e. The van der Waals surface area contributed by atoms with E-state index in [9.17, 15) is 9.59 Å². The van der Waals surface area contributed by atoms with Crippen LogP contribution in [0.5, 0.6) is 0 Å². The second kappa shape index (κ2) is 4.80. The summed E-state index contributed by atoms with van der Waals surface area (Å²) in [5, 5.41) is 0.587. The minimum atomic E-state index is -0.707. The van der Waals surface area contributed by atoms with Gasteiger partial charge in [0, 0.05) is 0 Å². The van der Waals surface area contributed by atoms with E-state index in [1.807, 2.05) is 0 Å². The summed E-state index contributed by atoms with van der Waals surface area (Å²) in [6.07, 6.45) is 0. The molecule has 3 aromatic rings. The summed E-state index contributed by atoms with van der Waals surface area (Å²) in [5.74, 6) is 0. The van der Waals surface area contributed by atoms with E-state index < -0.39 is 11.3 Å². The van der Waals surface area contributed by atoms with Crippen LogP contribution in [0.2, 0.25) is 0 Å². The van der Waals surface area contributed by atoms with E-state index in [4.69, 9.17) is 0 Å². The zero-order chi connectivity index (χ0) is 11.3. The lowest BCUT2D eigenvalue weighted by molar-refractivity contribution is -0.190. The van der Waals surface area contributed by atoms with E-state index in [1.54, 1.807) is 0 Å². The maximum absolute atomic E-state index is 11.0. The first-order valence-electron chi connectivity index (χ1n) is 3.97. The molecule has 5 nitrogen and oxygen atoms in total. The van der Waals surface area contributed by atoms with Crippen LogP contribution in [0.15, 0.2) is 60.9 Å². The summed E-state index contributed by atoms with van der Waals surface area (Å²) in [6.45, 7) is 6.00. The van der Waals surface area contributed by atoms with Crippen molar-refractivity contribution in [1.82, 2.24) is 0 Å². The lowest BCUT2D eigenvalue weighted by atomic mass is 10.2. The van der Waals surface area contributed by atoms with Crippen LogP contribution >= 0.6 is 0 Å². The third-order valence-corrected chi connectivity index (χ3v) is 1.58. The van der Waals surface area contributed by atoms with Crippen molar-refractivity contribution in [3.8, 4) is 0 Å². The molecule has 0 spiro atoms. The molecule has 0 atom stereocenters. The van der Waals surface area contributed by atoms with Crippen LogP contribution in [0, 0.1) is 0 Å². The Hall–Kier alpha value is -2.30. The first-order chi connectivity index (χ1) is 7.27. The first kappa shape index (κ1) is 10.8. The molecule has 5 heteroatoms. The maximum atomic E-state index is 11.0. The van der Waals surface area contributed by atoms with Gasteiger partial charge in [0.2, 0.25) is 0 Å². The smallest absolute Gasteiger partial charge is 0.241 e. The Labute approximate surface area is 83.8 Å². The van der Waals surface area contributed by atoms with Crippen molar-refractivity contribution >= 4 is 10.8 Å². The molecule has 2 heterocycles. The molecule has 0 saturated heterocycles. The molecule has 3 rings (SSSR count). The van der Waals surface area contributed by atoms with Gasteiger partial charge in [0.05, 0.1) is 10.8 Å². The highest BCUT2D eigenvalue weighted by atomic mass is 17.2. The summed E-state index contributed by atoms with van der Waals surface area (Å²) >= 11 is 0. The Bertz CT molecular complexity index is 503. The van der Waals surface area contributed by atoms with Crippen LogP contribution in [0.4, 0.5) is 0 Å². The average Bonchev–Trinajstić information content (AvgIpc) is 2.40. The molecule has 0 aliphatic rings. The second-order valence-corrected chi connectivity index (χ2v) is 2.39. The molecule has 0 unspecified atom stereocenters. The first-order valence-corrected chi connectivity index (χ1v) is 3.97. The van der Waals surface area contributed by atoms with Crippen molar-refractivity contribution in [3.05, 3.63) is 58.3 Å². The number of fused-ring (bicyclic) bond motifs is 6. The monoisotopic (exact) mass is 208 g/mol. The predicted molar refractivity (Wildman–Crippen MR) is 53.4 cm³/mol. The molecular formula is C10H8O5. The SMILES string of the molecule is C=C.O=c1oooc(=O)c2ccc1cc2. The number of rotatable bonds is 0. The Kier molecular flexibility index (Phi) is 3.45. The maximum Gasteiger partial charge on any atom is 0.390 e. The van der Waals surface area contributed by atoms with Gasteiger partial charge < -0.3 is 0 Å². The molecule has 0 aliphatic heterocycles. The van der Waals surface area contributed by atoms with Gasteiger partial charge in [-0.1, -0.05) is 4.74 Å². The summed E-state index contributed by atoms with van der Waals surface area (Å²) in [5.41, 5.74) is -1.41. The Morgan fingerprint density at radius 2 is 1.13 bits per heavy atom. The second-order valence-electron chi connectivity index (χ2n) is 2.39. The van der Waals surface area contributed by atoms with Crippen LogP contribution in [-0.2, 0) is 0 Å². The molecule has 2 bridgehead atoms. The van der Waals surface area contributed by atoms with Crippen molar-refractivity contribution in [2.24, 2.45) is 0 Å². The molecule has 0 amide bonds. The molecule has 1 aromatic carbocycles. The van der Waals surface area contributed by atoms with Crippen LogP contribution in [0.1, 0.15) is 0 Å². The molecule has 15 heavy (non-hydrogen) atoms. The molecule has 0 radical (unpaired) electrons. The van der Waals surface area contributed by atoms with Crippen LogP contribution in [0.25, 0.3) is 10.8 Å². The molecule has 0 fully saturated rings. The van der Waals surface area contributed by atoms with Gasteiger partial charge in [0.15, 0.2) is 0 Å². The van der Waals surface area contributed by atoms with Gasteiger partial charge in [-0.3, -0.25) is 0 Å². The van der Waals surface area contributed by atoms with Gasteiger partial charge in [0.1, 0.15) is 0 Å². The Morgan fingerprint density at radius 1 is 0.800 bits per heavy atom. The zero-order valence-corrected chi connectivity index (χ0v) is 7.76. The molecule has 78 valence electrons. The number of hydrogen-bond acceptors (Lipinski definition) is 5. The predicted octanol–water partition coefficient (Wildman–Crippen LogP) is 1.70. The highest BCUT2D eigenvalue weighted by Gasteiger charge is 1.96. The van der Waals surface area contributed by atoms with Gasteiger partial charge in [-0.05, 0) is 24.3 Å². The number of hydrogen-bond donors (Lipinski definition) is 0. The third-order valence-electron chi connectivity index (χ3n) is 1.58. The van der Waals surface area contributed by atoms with E-state index in [-0.39, 0.29) is 0 Å². The van der Waals surface area contributed by atoms with Gasteiger partial charge >= 0.3 is 11.3 Å². The average molecular weight is 208 g/mol. The Morgan fingerprint density at radius 3 is 1.47 bits per heavy atom. The number of benzene rings is 1. The minimum absolute atomic E-state index is 0.294. The van der Waals surface area contributed by atoms with Gasteiger partial charge in [-0.15, -0.1) is 13.2 Å². The molecular weight excluding hydrogens is 200 g/mol. The van der Waals surface area contributed by atoms with Crippen molar-refractivity contribution in [2.45, 2.75) is 0 Å². The molecule has 0 N–H and O–H groups in total. The fraction of sp³-hybridized carbons (Fsp3) is 0. The lowest BCUT2D eigenvalue weighted by Gasteiger charge is -1.80. The quantitative estimate of drug-likeness (QED) is 0.486. The topological polar surface area (TPSA) is 73.6 Å². The summed E-state index contributed by atoms with van der Waals surface area (Å²) in [6, 6.07) is 5.81. The third kappa shape index (κ3) is 2.34. The lowest BCUT2D eigenvalue weighted by Crippen LogP contribution is -1.93. The van der Waals surface area contributed by atoms with E-state index in [2.05, 4.69) is 27.0 Å². The minimum Gasteiger partial charge on any atom is -0.241 e. The highest BCUT2D eigenvalue weighted by molar-refractivity contribution is 5.60. The molecule has 0 aliphatic carbocycles. The standard InChI is InChI=1S/C8H4O5.C2H4/c9-7-5-1-2-6(4-3-5)8(10)12-13-11-7;1-2/h1-4H;1-2H2. The van der Waals surface area contributed by atoms with E-state index in [0.717, 1.165) is 0 Å². The van der Waals surface area contributed by atoms with E-state index in [0.29, 0.717) is 10.8 Å². The summed E-state index contributed by atoms with van der Waals surface area (Å²) in [7, 11) is 0. The normalized spacial score (nSPS) is 9.07. The van der Waals surface area contributed by atoms with Crippen molar-refractivity contribution in [1.29, 1.82) is 0 Å². The molecule has 2 aromatic heterocycles. The van der Waals surface area contributed by atoms with E-state index in [1.165, 1.54) is 24.3 Å². The highest BCUT2D eigenvalue weighted by Crippen LogP contribution is 1.98. The van der Waals surface area contributed by atoms with Crippen molar-refractivity contribution in [3.63, 3.8) is 0 Å². The summed E-state index contributed by atoms with van der Waals surface area (Å²) in [4.78, 5) is 22.0. The Balaban J connectivity index is 0.000000531. The van der Waals surface area contributed by atoms with Crippen molar-refractivity contribution in [2.75, 3.05) is 0 Å². The molecule has 0 saturated carbocycles. The zero-order valence-electron chi connectivity index (χ0n) is 7.76. The van der Waals surface area contributed by atoms with Crippen molar-refractivity contribution < 1.29 is 13.9 Å². The van der Waals surface area contributed by atoms with Crippen LogP contribution < -0.4 is 11.3 Å². The van der Waals surface area contributed by atoms with E-state index >= 15 is 0 Å². The van der Waals surface area contributed by atoms with Crippen LogP contribution in [-0.4, -0.2) is 0 Å². The fourth-order valence-electron chi connectivity index (χ4n) is 0.917. The van der Waals surface area contributed by atoms with Gasteiger partial charge in [0.25, 0.3) is 0 Å². The van der Waals surface area contributed by atoms with Gasteiger partial charge in [-0.2, -0.15) is 0 Å². The van der Waals surface area contributed by atoms with Gasteiger partial charge in [-0.25, -0.2) is 18.7 Å².